The van der Waals surface area contributed by atoms with Crippen LogP contribution in [0.25, 0.3) is 198 Å². The summed E-state index contributed by atoms with van der Waals surface area (Å²) in [6, 6.07) is 118. The molecule has 0 unspecified atom stereocenters. The van der Waals surface area contributed by atoms with Crippen molar-refractivity contribution in [2.24, 2.45) is 0 Å². The fourth-order valence-corrected chi connectivity index (χ4v) is 16.3. The second-order valence-corrected chi connectivity index (χ2v) is 28.4. The smallest absolute Gasteiger partial charge is 0.160 e. The predicted octanol–water partition coefficient (Wildman–Crippen LogP) is 24.9. The van der Waals surface area contributed by atoms with Gasteiger partial charge in [0.1, 0.15) is 0 Å². The lowest BCUT2D eigenvalue weighted by Crippen LogP contribution is -1.97. The van der Waals surface area contributed by atoms with Gasteiger partial charge in [0, 0.05) is 100 Å². The molecule has 0 fully saturated rings. The van der Waals surface area contributed by atoms with Gasteiger partial charge in [-0.25, -0.2) is 39.9 Å². The van der Waals surface area contributed by atoms with E-state index in [0.717, 1.165) is 143 Å². The largest absolute Gasteiger partial charge is 0.264 e. The molecule has 0 bridgehead atoms. The van der Waals surface area contributed by atoms with Crippen LogP contribution >= 0.6 is 22.7 Å². The molecule has 8 aromatic heterocycles. The molecule has 12 heteroatoms. The molecule has 20 rings (SSSR count). The van der Waals surface area contributed by atoms with E-state index in [1.807, 2.05) is 79.1 Å². The molecule has 0 N–H and O–H groups in total. The molecule has 0 aliphatic carbocycles. The van der Waals surface area contributed by atoms with Crippen molar-refractivity contribution in [1.82, 2.24) is 49.8 Å². The zero-order valence-corrected chi connectivity index (χ0v) is 59.6. The van der Waals surface area contributed by atoms with Crippen LogP contribution in [0, 0.1) is 0 Å². The minimum Gasteiger partial charge on any atom is -0.264 e. The highest BCUT2D eigenvalue weighted by molar-refractivity contribution is 7.26. The van der Waals surface area contributed by atoms with Gasteiger partial charge in [0.2, 0.25) is 0 Å². The number of rotatable bonds is 13. The number of aromatic nitrogens is 10. The first-order chi connectivity index (χ1) is 53.5. The number of para-hydroxylation sites is 1. The number of hydrogen-bond donors (Lipinski definition) is 0. The molecule has 0 aliphatic rings. The molecule has 10 nitrogen and oxygen atoms in total. The average molecular weight is 1420 g/mol. The summed E-state index contributed by atoms with van der Waals surface area (Å²) < 4.78 is 4.53. The molecule has 0 saturated carbocycles. The van der Waals surface area contributed by atoms with Crippen LogP contribution in [0.4, 0.5) is 0 Å². The molecule has 12 aromatic carbocycles. The highest BCUT2D eigenvalue weighted by Gasteiger charge is 2.22. The number of thiophene rings is 2. The molecule has 0 spiro atoms. The predicted molar refractivity (Wildman–Crippen MR) is 445 cm³/mol. The number of nitrogens with zero attached hydrogens (tertiary/aromatic N) is 10. The van der Waals surface area contributed by atoms with Gasteiger partial charge in [0.25, 0.3) is 0 Å². The summed E-state index contributed by atoms with van der Waals surface area (Å²) in [5, 5.41) is 3.29. The number of fused-ring (bicyclic) bond motifs is 7. The fraction of sp³-hybridized carbons (Fsp3) is 0. The van der Waals surface area contributed by atoms with Crippen LogP contribution in [0.3, 0.4) is 0 Å². The number of hydrogen-bond acceptors (Lipinski definition) is 12. The Morgan fingerprint density at radius 2 is 0.509 bits per heavy atom. The monoisotopic (exact) mass is 1420 g/mol. The Morgan fingerprint density at radius 3 is 0.944 bits per heavy atom. The lowest BCUT2D eigenvalue weighted by molar-refractivity contribution is 1.17. The summed E-state index contributed by atoms with van der Waals surface area (Å²) in [7, 11) is 0. The van der Waals surface area contributed by atoms with Crippen molar-refractivity contribution in [3.63, 3.8) is 0 Å². The van der Waals surface area contributed by atoms with Crippen LogP contribution < -0.4 is 0 Å². The first-order valence-electron chi connectivity index (χ1n) is 35.6. The fourth-order valence-electron chi connectivity index (χ4n) is 14.0. The van der Waals surface area contributed by atoms with Crippen LogP contribution in [0.5, 0.6) is 0 Å². The van der Waals surface area contributed by atoms with E-state index in [0.29, 0.717) is 23.3 Å². The van der Waals surface area contributed by atoms with Crippen molar-refractivity contribution in [2.75, 3.05) is 0 Å². The highest BCUT2D eigenvalue weighted by Crippen LogP contribution is 2.44. The van der Waals surface area contributed by atoms with Gasteiger partial charge in [-0.05, 0) is 111 Å². The summed E-state index contributed by atoms with van der Waals surface area (Å²) in [6.45, 7) is 0. The van der Waals surface area contributed by atoms with Gasteiger partial charge >= 0.3 is 0 Å². The van der Waals surface area contributed by atoms with Gasteiger partial charge in [-0.1, -0.05) is 273 Å². The van der Waals surface area contributed by atoms with E-state index < -0.39 is 0 Å². The van der Waals surface area contributed by atoms with Crippen LogP contribution in [-0.4, -0.2) is 49.8 Å². The summed E-state index contributed by atoms with van der Waals surface area (Å²) in [4.78, 5) is 49.8. The third kappa shape index (κ3) is 12.9. The molecule has 0 amide bonds. The van der Waals surface area contributed by atoms with Crippen molar-refractivity contribution >= 4 is 74.2 Å². The van der Waals surface area contributed by atoms with E-state index in [4.69, 9.17) is 39.9 Å². The lowest BCUT2D eigenvalue weighted by atomic mass is 9.95. The Labute approximate surface area is 630 Å². The zero-order chi connectivity index (χ0) is 71.7. The van der Waals surface area contributed by atoms with E-state index in [-0.39, 0.29) is 0 Å². The molecular formula is C96H60N10S2. The Bertz CT molecular complexity index is 6550. The van der Waals surface area contributed by atoms with Crippen LogP contribution in [0.1, 0.15) is 0 Å². The highest BCUT2D eigenvalue weighted by atomic mass is 32.1. The maximum absolute atomic E-state index is 5.37. The summed E-state index contributed by atoms with van der Waals surface area (Å²) in [5.74, 6) is 2.63. The number of benzene rings is 12. The van der Waals surface area contributed by atoms with Crippen LogP contribution in [0.2, 0.25) is 0 Å². The van der Waals surface area contributed by atoms with E-state index >= 15 is 0 Å². The Balaban J connectivity index is 0.000000147. The Morgan fingerprint density at radius 1 is 0.194 bits per heavy atom. The minimum absolute atomic E-state index is 0.610. The molecule has 0 atom stereocenters. The maximum Gasteiger partial charge on any atom is 0.160 e. The lowest BCUT2D eigenvalue weighted by Gasteiger charge is -2.13. The second-order valence-electron chi connectivity index (χ2n) is 26.3. The Hall–Kier alpha value is -14.0. The van der Waals surface area contributed by atoms with E-state index in [2.05, 4.69) is 283 Å². The van der Waals surface area contributed by atoms with Crippen molar-refractivity contribution in [2.45, 2.75) is 0 Å². The Kier molecular flexibility index (Phi) is 17.1. The molecule has 108 heavy (non-hydrogen) atoms. The van der Waals surface area contributed by atoms with Crippen molar-refractivity contribution in [1.29, 1.82) is 0 Å². The second kappa shape index (κ2) is 28.5. The molecule has 0 saturated heterocycles. The summed E-state index contributed by atoms with van der Waals surface area (Å²) >= 11 is 3.48. The molecule has 506 valence electrons. The van der Waals surface area contributed by atoms with Gasteiger partial charge in [-0.15, -0.1) is 22.7 Å². The van der Waals surface area contributed by atoms with Gasteiger partial charge < -0.3 is 0 Å². The standard InChI is InChI=1S/C48H30N6S.C48H30N4S/c1-3-11-31(12-4-1)37-25-38(32-13-5-2-6-14-32)27-39(26-37)44-46-45(40-17-7-8-18-43(40)55-46)54-48(53-44)34-21-19-33(20-22-34)47-51-41(35-15-9-23-49-29-35)28-42(52-47)36-16-10-24-50-30-36;1-3-11-31(12-4-1)33-19-23-35(24-20-33)43-39-15-7-9-17-41(39)49-47(50-43)37-27-29-38(30-28-37)48-51-44(46-45(52-48)40-16-8-10-18-42(40)53-46)36-25-21-34(22-26-36)32-13-5-2-6-14-32/h1-30H;1-30H. The normalized spacial score (nSPS) is 11.3. The topological polar surface area (TPSA) is 129 Å². The molecule has 8 heterocycles. The van der Waals surface area contributed by atoms with Crippen LogP contribution in [0.15, 0.2) is 365 Å². The average Bonchev–Trinajstić information content (AvgIpc) is 1.57. The van der Waals surface area contributed by atoms with Crippen molar-refractivity contribution in [3.05, 3.63) is 365 Å². The van der Waals surface area contributed by atoms with Crippen molar-refractivity contribution in [3.8, 4) is 146 Å². The SMILES string of the molecule is c1ccc(-c2cc(-c3ccccc3)cc(-c3nc(-c4ccc(-c5nc(-c6cccnc6)cc(-c6cccnc6)n5)cc4)nc4c3sc3ccccc34)c2)cc1.c1ccc(-c2ccc(-c3nc(-c4ccc(-c5nc(-c6ccc(-c7ccccc7)cc6)c6sc7ccccc7c6n5)cc4)nc4ccccc34)cc2)cc1. The summed E-state index contributed by atoms with van der Waals surface area (Å²) in [5.41, 5.74) is 25.1. The molecule has 0 radical (unpaired) electrons. The van der Waals surface area contributed by atoms with Crippen molar-refractivity contribution < 1.29 is 0 Å². The first-order valence-corrected chi connectivity index (χ1v) is 37.3. The first kappa shape index (κ1) is 64.8. The van der Waals surface area contributed by atoms with E-state index in [1.165, 1.54) is 31.7 Å². The van der Waals surface area contributed by atoms with Gasteiger partial charge in [0.05, 0.1) is 54.4 Å². The minimum atomic E-state index is 0.610. The molecule has 0 aliphatic heterocycles. The summed E-state index contributed by atoms with van der Waals surface area (Å²) in [6.07, 6.45) is 7.16. The number of pyridine rings is 2. The quantitative estimate of drug-likeness (QED) is 0.110. The van der Waals surface area contributed by atoms with Gasteiger partial charge in [-0.3, -0.25) is 9.97 Å². The zero-order valence-electron chi connectivity index (χ0n) is 57.9. The molecular weight excluding hydrogens is 1360 g/mol. The third-order valence-corrected chi connectivity index (χ3v) is 21.8. The van der Waals surface area contributed by atoms with Gasteiger partial charge in [0.15, 0.2) is 23.3 Å². The van der Waals surface area contributed by atoms with Gasteiger partial charge in [-0.2, -0.15) is 0 Å². The van der Waals surface area contributed by atoms with E-state index in [1.54, 1.807) is 35.1 Å². The van der Waals surface area contributed by atoms with E-state index in [9.17, 15) is 0 Å². The molecule has 20 aromatic rings. The van der Waals surface area contributed by atoms with Crippen LogP contribution in [-0.2, 0) is 0 Å². The maximum atomic E-state index is 5.37. The third-order valence-electron chi connectivity index (χ3n) is 19.4.